The lowest BCUT2D eigenvalue weighted by atomic mass is 10.2. The van der Waals surface area contributed by atoms with Crippen LogP contribution in [0.25, 0.3) is 10.2 Å². The lowest BCUT2D eigenvalue weighted by Gasteiger charge is -2.23. The monoisotopic (exact) mass is 498 g/mol. The number of rotatable bonds is 4. The second-order valence-corrected chi connectivity index (χ2v) is 8.75. The van der Waals surface area contributed by atoms with Crippen molar-refractivity contribution in [1.82, 2.24) is 4.98 Å². The van der Waals surface area contributed by atoms with Crippen molar-refractivity contribution < 1.29 is 9.53 Å². The van der Waals surface area contributed by atoms with Crippen molar-refractivity contribution in [3.05, 3.63) is 56.6 Å². The van der Waals surface area contributed by atoms with Crippen LogP contribution in [0.15, 0.2) is 42.5 Å². The summed E-state index contributed by atoms with van der Waals surface area (Å²) in [5.41, 5.74) is 1.53. The number of hydrogen-bond donors (Lipinski definition) is 0. The van der Waals surface area contributed by atoms with Crippen molar-refractivity contribution in [2.75, 3.05) is 18.1 Å². The fourth-order valence-corrected chi connectivity index (χ4v) is 4.89. The average Bonchev–Trinajstić information content (AvgIpc) is 3.28. The molecule has 1 unspecified atom stereocenters. The normalized spacial score (nSPS) is 16.9. The number of benzene rings is 2. The van der Waals surface area contributed by atoms with Crippen LogP contribution in [0.5, 0.6) is 0 Å². The zero-order chi connectivity index (χ0) is 18.1. The molecule has 2 heterocycles. The summed E-state index contributed by atoms with van der Waals surface area (Å²) in [7, 11) is 0. The third-order valence-corrected chi connectivity index (χ3v) is 6.55. The lowest BCUT2D eigenvalue weighted by Crippen LogP contribution is -2.37. The number of thiazole rings is 1. The highest BCUT2D eigenvalue weighted by molar-refractivity contribution is 14.1. The van der Waals surface area contributed by atoms with E-state index >= 15 is 0 Å². The maximum Gasteiger partial charge on any atom is 0.261 e. The number of aromatic nitrogens is 1. The van der Waals surface area contributed by atoms with Crippen LogP contribution in [0.1, 0.15) is 23.2 Å². The first-order chi connectivity index (χ1) is 12.6. The van der Waals surface area contributed by atoms with E-state index in [1.165, 1.54) is 11.3 Å². The smallest absolute Gasteiger partial charge is 0.261 e. The molecule has 0 radical (unpaired) electrons. The van der Waals surface area contributed by atoms with Crippen LogP contribution in [-0.4, -0.2) is 30.1 Å². The van der Waals surface area contributed by atoms with E-state index in [9.17, 15) is 4.79 Å². The van der Waals surface area contributed by atoms with Crippen LogP contribution < -0.4 is 4.90 Å². The fourth-order valence-electron chi connectivity index (χ4n) is 3.02. The maximum absolute atomic E-state index is 13.3. The molecule has 1 aliphatic rings. The van der Waals surface area contributed by atoms with Gasteiger partial charge in [-0.25, -0.2) is 4.98 Å². The molecular weight excluding hydrogens is 483 g/mol. The van der Waals surface area contributed by atoms with Crippen LogP contribution in [0, 0.1) is 3.57 Å². The minimum Gasteiger partial charge on any atom is -0.376 e. The molecule has 0 saturated carbocycles. The molecular formula is C19H16ClIN2O2S. The summed E-state index contributed by atoms with van der Waals surface area (Å²) in [4.78, 5) is 19.7. The quantitative estimate of drug-likeness (QED) is 0.454. The summed E-state index contributed by atoms with van der Waals surface area (Å²) in [5.74, 6) is -0.0457. The average molecular weight is 499 g/mol. The number of amides is 1. The summed E-state index contributed by atoms with van der Waals surface area (Å²) >= 11 is 9.78. The molecule has 1 atom stereocenters. The van der Waals surface area contributed by atoms with E-state index in [0.717, 1.165) is 33.2 Å². The summed E-state index contributed by atoms with van der Waals surface area (Å²) in [6, 6.07) is 13.2. The van der Waals surface area contributed by atoms with E-state index in [1.807, 2.05) is 42.5 Å². The highest BCUT2D eigenvalue weighted by atomic mass is 127. The molecule has 26 heavy (non-hydrogen) atoms. The van der Waals surface area contributed by atoms with Crippen molar-refractivity contribution in [2.24, 2.45) is 0 Å². The van der Waals surface area contributed by atoms with Gasteiger partial charge in [0, 0.05) is 15.2 Å². The van der Waals surface area contributed by atoms with Gasteiger partial charge in [-0.2, -0.15) is 0 Å². The van der Waals surface area contributed by atoms with Crippen molar-refractivity contribution in [1.29, 1.82) is 0 Å². The fraction of sp³-hybridized carbons (Fsp3) is 0.263. The van der Waals surface area contributed by atoms with Crippen LogP contribution in [0.4, 0.5) is 5.13 Å². The van der Waals surface area contributed by atoms with Gasteiger partial charge in [0.25, 0.3) is 5.91 Å². The number of ether oxygens (including phenoxy) is 1. The maximum atomic E-state index is 13.3. The summed E-state index contributed by atoms with van der Waals surface area (Å²) in [6.07, 6.45) is 2.05. The molecule has 7 heteroatoms. The Bertz CT molecular complexity index is 956. The van der Waals surface area contributed by atoms with Crippen LogP contribution in [-0.2, 0) is 4.74 Å². The minimum atomic E-state index is -0.0457. The Morgan fingerprint density at radius 3 is 2.96 bits per heavy atom. The molecule has 1 aliphatic heterocycles. The first-order valence-corrected chi connectivity index (χ1v) is 10.6. The van der Waals surface area contributed by atoms with Crippen molar-refractivity contribution in [2.45, 2.75) is 18.9 Å². The van der Waals surface area contributed by atoms with Gasteiger partial charge in [0.1, 0.15) is 0 Å². The van der Waals surface area contributed by atoms with E-state index < -0.39 is 0 Å². The lowest BCUT2D eigenvalue weighted by molar-refractivity contribution is 0.0916. The Hall–Kier alpha value is -1.22. The number of hydrogen-bond acceptors (Lipinski definition) is 4. The predicted molar refractivity (Wildman–Crippen MR) is 114 cm³/mol. The SMILES string of the molecule is O=C(c1ccccc1I)N(CC1CCCO1)c1nc2ccc(Cl)cc2s1. The molecule has 4 rings (SSSR count). The number of carbonyl (C=O) groups is 1. The second-order valence-electron chi connectivity index (χ2n) is 6.14. The van der Waals surface area contributed by atoms with Crippen molar-refractivity contribution in [3.8, 4) is 0 Å². The van der Waals surface area contributed by atoms with Gasteiger partial charge in [-0.05, 0) is 65.8 Å². The van der Waals surface area contributed by atoms with Gasteiger partial charge in [0.2, 0.25) is 0 Å². The molecule has 3 aromatic rings. The first-order valence-electron chi connectivity index (χ1n) is 8.36. The van der Waals surface area contributed by atoms with Gasteiger partial charge in [-0.1, -0.05) is 35.1 Å². The van der Waals surface area contributed by atoms with Gasteiger partial charge in [0.05, 0.1) is 28.4 Å². The summed E-state index contributed by atoms with van der Waals surface area (Å²) in [5, 5.41) is 1.35. The Labute approximate surface area is 174 Å². The molecule has 4 nitrogen and oxygen atoms in total. The molecule has 0 bridgehead atoms. The van der Waals surface area contributed by atoms with Crippen molar-refractivity contribution >= 4 is 66.8 Å². The van der Waals surface area contributed by atoms with Crippen molar-refractivity contribution in [3.63, 3.8) is 0 Å². The van der Waals surface area contributed by atoms with Gasteiger partial charge in [-0.15, -0.1) is 0 Å². The Balaban J connectivity index is 1.73. The van der Waals surface area contributed by atoms with Crippen LogP contribution >= 0.6 is 45.5 Å². The Kier molecular flexibility index (Phi) is 5.45. The number of nitrogens with zero attached hydrogens (tertiary/aromatic N) is 2. The highest BCUT2D eigenvalue weighted by Gasteiger charge is 2.27. The molecule has 134 valence electrons. The molecule has 0 spiro atoms. The Morgan fingerprint density at radius 1 is 1.35 bits per heavy atom. The predicted octanol–water partition coefficient (Wildman–Crippen LogP) is 5.38. The van der Waals surface area contributed by atoms with E-state index in [2.05, 4.69) is 27.6 Å². The largest absolute Gasteiger partial charge is 0.376 e. The van der Waals surface area contributed by atoms with Gasteiger partial charge >= 0.3 is 0 Å². The molecule has 0 N–H and O–H groups in total. The van der Waals surface area contributed by atoms with E-state index in [1.54, 1.807) is 4.90 Å². The molecule has 1 aromatic heterocycles. The standard InChI is InChI=1S/C19H16ClIN2O2S/c20-12-7-8-16-17(10-12)26-19(22-16)23(11-13-4-3-9-25-13)18(24)14-5-1-2-6-15(14)21/h1-2,5-8,10,13H,3-4,9,11H2. The summed E-state index contributed by atoms with van der Waals surface area (Å²) in [6.45, 7) is 1.27. The van der Waals surface area contributed by atoms with Gasteiger partial charge < -0.3 is 4.74 Å². The number of anilines is 1. The topological polar surface area (TPSA) is 42.4 Å². The zero-order valence-corrected chi connectivity index (χ0v) is 17.6. The van der Waals surface area contributed by atoms with E-state index in [4.69, 9.17) is 16.3 Å². The summed E-state index contributed by atoms with van der Waals surface area (Å²) < 4.78 is 7.67. The third kappa shape index (κ3) is 3.74. The molecule has 1 fully saturated rings. The Morgan fingerprint density at radius 2 is 2.19 bits per heavy atom. The van der Waals surface area contributed by atoms with E-state index in [-0.39, 0.29) is 12.0 Å². The molecule has 1 saturated heterocycles. The third-order valence-electron chi connectivity index (χ3n) is 4.33. The zero-order valence-electron chi connectivity index (χ0n) is 13.8. The number of halogens is 2. The molecule has 2 aromatic carbocycles. The van der Waals surface area contributed by atoms with E-state index in [0.29, 0.717) is 22.3 Å². The molecule has 1 amide bonds. The highest BCUT2D eigenvalue weighted by Crippen LogP contribution is 2.32. The number of fused-ring (bicyclic) bond motifs is 1. The first kappa shape index (κ1) is 18.2. The minimum absolute atomic E-state index is 0.0457. The van der Waals surface area contributed by atoms with Gasteiger partial charge in [0.15, 0.2) is 5.13 Å². The second kappa shape index (κ2) is 7.80. The van der Waals surface area contributed by atoms with Crippen LogP contribution in [0.2, 0.25) is 5.02 Å². The van der Waals surface area contributed by atoms with Crippen LogP contribution in [0.3, 0.4) is 0 Å². The molecule has 0 aliphatic carbocycles. The number of carbonyl (C=O) groups excluding carboxylic acids is 1. The van der Waals surface area contributed by atoms with Gasteiger partial charge in [-0.3, -0.25) is 9.69 Å².